The van der Waals surface area contributed by atoms with Crippen LogP contribution in [-0.2, 0) is 12.8 Å². The summed E-state index contributed by atoms with van der Waals surface area (Å²) < 4.78 is 0.784. The lowest BCUT2D eigenvalue weighted by molar-refractivity contribution is 0.920. The highest BCUT2D eigenvalue weighted by atomic mass is 79.9. The quantitative estimate of drug-likeness (QED) is 0.914. The second kappa shape index (κ2) is 4.89. The van der Waals surface area contributed by atoms with Crippen molar-refractivity contribution >= 4 is 33.5 Å². The van der Waals surface area contributed by atoms with Crippen molar-refractivity contribution in [1.82, 2.24) is 9.97 Å². The summed E-state index contributed by atoms with van der Waals surface area (Å²) in [6, 6.07) is 7.85. The van der Waals surface area contributed by atoms with Crippen molar-refractivity contribution in [2.75, 3.05) is 5.73 Å². The fraction of sp³-hybridized carbons (Fsp3) is 0.182. The van der Waals surface area contributed by atoms with E-state index in [-0.39, 0.29) is 0 Å². The number of nitrogens with zero attached hydrogens (tertiary/aromatic N) is 1. The van der Waals surface area contributed by atoms with Gasteiger partial charge in [-0.15, -0.1) is 0 Å². The first-order valence-corrected chi connectivity index (χ1v) is 6.06. The predicted octanol–water partition coefficient (Wildman–Crippen LogP) is 3.19. The molecule has 5 heteroatoms. The van der Waals surface area contributed by atoms with Crippen LogP contribution in [-0.4, -0.2) is 9.97 Å². The summed E-state index contributed by atoms with van der Waals surface area (Å²) in [6.45, 7) is 0. The van der Waals surface area contributed by atoms with Crippen molar-refractivity contribution < 1.29 is 0 Å². The number of nitrogens with one attached hydrogen (secondary N) is 1. The van der Waals surface area contributed by atoms with Crippen molar-refractivity contribution in [3.05, 3.63) is 45.1 Å². The van der Waals surface area contributed by atoms with E-state index in [4.69, 9.17) is 17.3 Å². The maximum Gasteiger partial charge on any atom is 0.198 e. The minimum atomic E-state index is 0.438. The zero-order valence-corrected chi connectivity index (χ0v) is 10.8. The molecule has 3 N–H and O–H groups in total. The van der Waals surface area contributed by atoms with Crippen molar-refractivity contribution in [3.8, 4) is 0 Å². The normalized spacial score (nSPS) is 10.6. The number of hydrogen-bond donors (Lipinski definition) is 2. The summed E-state index contributed by atoms with van der Waals surface area (Å²) in [5.41, 5.74) is 7.77. The van der Waals surface area contributed by atoms with Crippen molar-refractivity contribution in [1.29, 1.82) is 0 Å². The number of aryl methyl sites for hydroxylation is 2. The molecule has 0 atom stereocenters. The van der Waals surface area contributed by atoms with Gasteiger partial charge in [0.15, 0.2) is 5.95 Å². The van der Waals surface area contributed by atoms with Crippen LogP contribution < -0.4 is 5.73 Å². The van der Waals surface area contributed by atoms with E-state index in [0.29, 0.717) is 5.95 Å². The van der Waals surface area contributed by atoms with Gasteiger partial charge in [-0.25, -0.2) is 4.98 Å². The third-order valence-electron chi connectivity index (χ3n) is 2.30. The summed E-state index contributed by atoms with van der Waals surface area (Å²) in [5.74, 6) is 0.438. The molecule has 0 unspecified atom stereocenters. The van der Waals surface area contributed by atoms with Crippen LogP contribution in [0.5, 0.6) is 0 Å². The van der Waals surface area contributed by atoms with Crippen LogP contribution >= 0.6 is 27.5 Å². The number of benzene rings is 1. The Bertz CT molecular complexity index is 496. The van der Waals surface area contributed by atoms with Crippen LogP contribution in [0.3, 0.4) is 0 Å². The second-order valence-electron chi connectivity index (χ2n) is 3.52. The molecule has 2 aromatic rings. The van der Waals surface area contributed by atoms with Gasteiger partial charge in [0.05, 0.1) is 5.69 Å². The Morgan fingerprint density at radius 2 is 2.19 bits per heavy atom. The van der Waals surface area contributed by atoms with Gasteiger partial charge in [-0.3, -0.25) is 0 Å². The summed E-state index contributed by atoms with van der Waals surface area (Å²) in [6.07, 6.45) is 1.76. The molecule has 3 nitrogen and oxygen atoms in total. The lowest BCUT2D eigenvalue weighted by atomic mass is 10.1. The molecule has 0 amide bonds. The van der Waals surface area contributed by atoms with Crippen molar-refractivity contribution in [3.63, 3.8) is 0 Å². The van der Waals surface area contributed by atoms with E-state index in [2.05, 4.69) is 32.0 Å². The molecule has 2 rings (SSSR count). The Morgan fingerprint density at radius 1 is 1.38 bits per heavy atom. The topological polar surface area (TPSA) is 54.7 Å². The molecule has 1 aromatic carbocycles. The van der Waals surface area contributed by atoms with E-state index in [0.717, 1.165) is 28.2 Å². The third kappa shape index (κ3) is 2.77. The summed E-state index contributed by atoms with van der Waals surface area (Å²) in [4.78, 5) is 7.07. The number of nitrogen functional groups attached to an aromatic ring is 1. The van der Waals surface area contributed by atoms with Gasteiger partial charge in [-0.2, -0.15) is 0 Å². The molecule has 0 radical (unpaired) electrons. The summed E-state index contributed by atoms with van der Waals surface area (Å²) in [7, 11) is 0. The van der Waals surface area contributed by atoms with E-state index in [1.807, 2.05) is 18.2 Å². The Kier molecular flexibility index (Phi) is 3.51. The SMILES string of the molecule is Nc1nc(Br)c(CCc2cccc(Cl)c2)[nH]1. The Balaban J connectivity index is 2.05. The van der Waals surface area contributed by atoms with Gasteiger partial charge in [-0.05, 0) is 46.5 Å². The average Bonchev–Trinajstić information content (AvgIpc) is 2.54. The molecule has 0 aliphatic heterocycles. The minimum Gasteiger partial charge on any atom is -0.369 e. The summed E-state index contributed by atoms with van der Waals surface area (Å²) in [5, 5.41) is 0.765. The lowest BCUT2D eigenvalue weighted by Gasteiger charge is -2.00. The van der Waals surface area contributed by atoms with E-state index in [9.17, 15) is 0 Å². The first-order chi connectivity index (χ1) is 7.65. The molecular formula is C11H11BrClN3. The Labute approximate surface area is 107 Å². The second-order valence-corrected chi connectivity index (χ2v) is 4.71. The maximum absolute atomic E-state index is 5.91. The standard InChI is InChI=1S/C11H11BrClN3/c12-10-9(15-11(14)16-10)5-4-7-2-1-3-8(13)6-7/h1-3,6H,4-5H2,(H3,14,15,16). The zero-order chi connectivity index (χ0) is 11.5. The minimum absolute atomic E-state index is 0.438. The van der Waals surface area contributed by atoms with Crippen LogP contribution in [0.25, 0.3) is 0 Å². The van der Waals surface area contributed by atoms with Gasteiger partial charge in [0.1, 0.15) is 4.60 Å². The number of nitrogens with two attached hydrogens (primary N) is 1. The number of anilines is 1. The molecule has 0 saturated heterocycles. The van der Waals surface area contributed by atoms with Gasteiger partial charge < -0.3 is 10.7 Å². The highest BCUT2D eigenvalue weighted by Crippen LogP contribution is 2.18. The number of halogens is 2. The number of H-pyrrole nitrogens is 1. The van der Waals surface area contributed by atoms with E-state index in [1.54, 1.807) is 0 Å². The molecule has 1 aromatic heterocycles. The molecular weight excluding hydrogens is 289 g/mol. The van der Waals surface area contributed by atoms with Gasteiger partial charge in [0, 0.05) is 5.02 Å². The van der Waals surface area contributed by atoms with Crippen LogP contribution in [0, 0.1) is 0 Å². The first kappa shape index (κ1) is 11.5. The molecule has 0 aliphatic rings. The smallest absolute Gasteiger partial charge is 0.198 e. The van der Waals surface area contributed by atoms with Crippen LogP contribution in [0.1, 0.15) is 11.3 Å². The first-order valence-electron chi connectivity index (χ1n) is 4.89. The lowest BCUT2D eigenvalue weighted by Crippen LogP contribution is -1.93. The fourth-order valence-corrected chi connectivity index (χ4v) is 2.24. The highest BCUT2D eigenvalue weighted by Gasteiger charge is 2.05. The van der Waals surface area contributed by atoms with Gasteiger partial charge in [-0.1, -0.05) is 23.7 Å². The number of rotatable bonds is 3. The van der Waals surface area contributed by atoms with Crippen LogP contribution in [0.2, 0.25) is 5.02 Å². The number of aromatic nitrogens is 2. The number of aromatic amines is 1. The van der Waals surface area contributed by atoms with E-state index >= 15 is 0 Å². The van der Waals surface area contributed by atoms with Crippen LogP contribution in [0.4, 0.5) is 5.95 Å². The molecule has 1 heterocycles. The van der Waals surface area contributed by atoms with E-state index in [1.165, 1.54) is 5.56 Å². The fourth-order valence-electron chi connectivity index (χ4n) is 1.53. The van der Waals surface area contributed by atoms with Crippen molar-refractivity contribution in [2.45, 2.75) is 12.8 Å². The van der Waals surface area contributed by atoms with Gasteiger partial charge in [0.25, 0.3) is 0 Å². The zero-order valence-electron chi connectivity index (χ0n) is 8.50. The van der Waals surface area contributed by atoms with Crippen LogP contribution in [0.15, 0.2) is 28.9 Å². The number of hydrogen-bond acceptors (Lipinski definition) is 2. The Hall–Kier alpha value is -1.00. The molecule has 0 fully saturated rings. The molecule has 16 heavy (non-hydrogen) atoms. The maximum atomic E-state index is 5.91. The predicted molar refractivity (Wildman–Crippen MR) is 69.6 cm³/mol. The summed E-state index contributed by atoms with van der Waals surface area (Å²) >= 11 is 9.27. The Morgan fingerprint density at radius 3 is 2.81 bits per heavy atom. The van der Waals surface area contributed by atoms with Gasteiger partial charge >= 0.3 is 0 Å². The molecule has 84 valence electrons. The third-order valence-corrected chi connectivity index (χ3v) is 3.19. The van der Waals surface area contributed by atoms with E-state index < -0.39 is 0 Å². The largest absolute Gasteiger partial charge is 0.369 e. The van der Waals surface area contributed by atoms with Crippen molar-refractivity contribution in [2.24, 2.45) is 0 Å². The van der Waals surface area contributed by atoms with Gasteiger partial charge in [0.2, 0.25) is 0 Å². The highest BCUT2D eigenvalue weighted by molar-refractivity contribution is 9.10. The average molecular weight is 301 g/mol. The molecule has 0 spiro atoms. The monoisotopic (exact) mass is 299 g/mol. The molecule has 0 saturated carbocycles. The molecule has 0 bridgehead atoms. The molecule has 0 aliphatic carbocycles. The number of imidazole rings is 1.